The molecule has 6 rings (SSSR count). The first kappa shape index (κ1) is 23.0. The van der Waals surface area contributed by atoms with Crippen LogP contribution in [0.4, 0.5) is 29.5 Å². The van der Waals surface area contributed by atoms with Crippen LogP contribution in [0.5, 0.6) is 0 Å². The highest BCUT2D eigenvalue weighted by atomic mass is 19.3. The summed E-state index contributed by atoms with van der Waals surface area (Å²) in [6.45, 7) is 0.563. The van der Waals surface area contributed by atoms with Crippen LogP contribution >= 0.6 is 0 Å². The summed E-state index contributed by atoms with van der Waals surface area (Å²) < 4.78 is 45.8. The third kappa shape index (κ3) is 4.48. The molecule has 1 saturated carbocycles. The van der Waals surface area contributed by atoms with Crippen molar-refractivity contribution in [3.05, 3.63) is 82.2 Å². The Morgan fingerprint density at radius 1 is 1.11 bits per heavy atom. The highest BCUT2D eigenvalue weighted by molar-refractivity contribution is 5.85. The molecule has 0 unspecified atom stereocenters. The molecule has 37 heavy (non-hydrogen) atoms. The number of H-pyrrole nitrogens is 1. The molecule has 0 atom stereocenters. The number of benzene rings is 2. The average Bonchev–Trinajstić information content (AvgIpc) is 3.28. The zero-order valence-corrected chi connectivity index (χ0v) is 19.3. The van der Waals surface area contributed by atoms with Crippen LogP contribution < -0.4 is 10.9 Å². The van der Waals surface area contributed by atoms with Crippen molar-refractivity contribution < 1.29 is 22.7 Å². The number of aromatic nitrogens is 3. The van der Waals surface area contributed by atoms with Crippen LogP contribution in [-0.2, 0) is 17.8 Å². The first-order chi connectivity index (χ1) is 17.7. The lowest BCUT2D eigenvalue weighted by Gasteiger charge is -2.34. The van der Waals surface area contributed by atoms with E-state index in [4.69, 9.17) is 4.74 Å². The summed E-state index contributed by atoms with van der Waals surface area (Å²) >= 11 is 0. The van der Waals surface area contributed by atoms with Gasteiger partial charge in [0.25, 0.3) is 11.5 Å². The Balaban J connectivity index is 1.19. The highest BCUT2D eigenvalue weighted by Gasteiger charge is 2.48. The van der Waals surface area contributed by atoms with Crippen molar-refractivity contribution in [1.82, 2.24) is 19.9 Å². The van der Waals surface area contributed by atoms with Crippen molar-refractivity contribution in [1.29, 1.82) is 0 Å². The number of hydrogen-bond acceptors (Lipinski definition) is 6. The summed E-state index contributed by atoms with van der Waals surface area (Å²) in [4.78, 5) is 36.8. The van der Waals surface area contributed by atoms with Gasteiger partial charge in [0.15, 0.2) is 17.5 Å². The number of carbonyl (C=O) groups excluding carboxylic acids is 1. The number of fused-ring (bicyclic) bond motifs is 2. The number of ether oxygens (including phenoxy) is 1. The van der Waals surface area contributed by atoms with Gasteiger partial charge in [0, 0.05) is 48.8 Å². The number of nitrogens with zero attached hydrogens (tertiary/aromatic N) is 3. The van der Waals surface area contributed by atoms with Crippen LogP contribution in [0.15, 0.2) is 59.7 Å². The fourth-order valence-electron chi connectivity index (χ4n) is 4.57. The van der Waals surface area contributed by atoms with Gasteiger partial charge < -0.3 is 15.0 Å². The maximum absolute atomic E-state index is 14.5. The third-order valence-corrected chi connectivity index (χ3v) is 6.55. The van der Waals surface area contributed by atoms with Crippen LogP contribution in [0.2, 0.25) is 0 Å². The third-order valence-electron chi connectivity index (χ3n) is 6.55. The van der Waals surface area contributed by atoms with Crippen molar-refractivity contribution in [2.24, 2.45) is 0 Å². The van der Waals surface area contributed by atoms with Gasteiger partial charge in [0.05, 0.1) is 6.20 Å². The SMILES string of the molecule is O=C(OC1CC(F)(F)C1)N1Cc2ccc(-c3ncc(F)c(Nc4ccc5c(=O)[nH]ccc5c4)n3)cc2C1. The lowest BCUT2D eigenvalue weighted by atomic mass is 9.91. The van der Waals surface area contributed by atoms with Gasteiger partial charge in [-0.15, -0.1) is 0 Å². The number of anilines is 2. The quantitative estimate of drug-likeness (QED) is 0.398. The van der Waals surface area contributed by atoms with E-state index in [2.05, 4.69) is 20.3 Å². The fraction of sp³-hybridized carbons (Fsp3) is 0.231. The summed E-state index contributed by atoms with van der Waals surface area (Å²) in [6, 6.07) is 12.2. The smallest absolute Gasteiger partial charge is 0.410 e. The molecule has 8 nitrogen and oxygen atoms in total. The molecule has 1 fully saturated rings. The molecule has 2 N–H and O–H groups in total. The molecule has 0 bridgehead atoms. The summed E-state index contributed by atoms with van der Waals surface area (Å²) in [7, 11) is 0. The largest absolute Gasteiger partial charge is 0.446 e. The minimum atomic E-state index is -2.76. The molecule has 2 aromatic carbocycles. The van der Waals surface area contributed by atoms with Gasteiger partial charge in [-0.2, -0.15) is 0 Å². The zero-order valence-electron chi connectivity index (χ0n) is 19.3. The van der Waals surface area contributed by atoms with E-state index in [9.17, 15) is 22.8 Å². The Bertz CT molecular complexity index is 1600. The lowest BCUT2D eigenvalue weighted by molar-refractivity contribution is -0.148. The van der Waals surface area contributed by atoms with Gasteiger partial charge >= 0.3 is 6.09 Å². The van der Waals surface area contributed by atoms with E-state index in [0.29, 0.717) is 28.6 Å². The van der Waals surface area contributed by atoms with Gasteiger partial charge in [0.2, 0.25) is 0 Å². The topological polar surface area (TPSA) is 100 Å². The van der Waals surface area contributed by atoms with Gasteiger partial charge in [-0.1, -0.05) is 12.1 Å². The molecular formula is C26H20F3N5O3. The molecule has 2 aliphatic rings. The zero-order chi connectivity index (χ0) is 25.7. The fourth-order valence-corrected chi connectivity index (χ4v) is 4.57. The van der Waals surface area contributed by atoms with E-state index in [1.54, 1.807) is 30.3 Å². The van der Waals surface area contributed by atoms with Crippen molar-refractivity contribution in [3.8, 4) is 11.4 Å². The predicted molar refractivity (Wildman–Crippen MR) is 129 cm³/mol. The molecule has 0 radical (unpaired) electrons. The van der Waals surface area contributed by atoms with Crippen LogP contribution in [0.3, 0.4) is 0 Å². The number of aromatic amines is 1. The molecule has 188 valence electrons. The number of carbonyl (C=O) groups is 1. The van der Waals surface area contributed by atoms with Crippen LogP contribution in [0, 0.1) is 5.82 Å². The Hall–Kier alpha value is -4.41. The maximum Gasteiger partial charge on any atom is 0.410 e. The second-order valence-corrected chi connectivity index (χ2v) is 9.23. The molecule has 0 spiro atoms. The number of hydrogen-bond donors (Lipinski definition) is 2. The second kappa shape index (κ2) is 8.61. The molecule has 0 saturated heterocycles. The molecule has 4 aromatic rings. The number of rotatable bonds is 4. The average molecular weight is 507 g/mol. The van der Waals surface area contributed by atoms with Crippen molar-refractivity contribution in [2.45, 2.75) is 38.0 Å². The van der Waals surface area contributed by atoms with Crippen molar-refractivity contribution >= 4 is 28.4 Å². The summed E-state index contributed by atoms with van der Waals surface area (Å²) in [6.07, 6.45) is 0.336. The Morgan fingerprint density at radius 3 is 2.73 bits per heavy atom. The van der Waals surface area contributed by atoms with E-state index in [1.807, 2.05) is 12.1 Å². The molecule has 2 aromatic heterocycles. The van der Waals surface area contributed by atoms with Crippen LogP contribution in [-0.4, -0.2) is 38.0 Å². The van der Waals surface area contributed by atoms with Gasteiger partial charge in [-0.25, -0.2) is 27.9 Å². The maximum atomic E-state index is 14.5. The monoisotopic (exact) mass is 507 g/mol. The van der Waals surface area contributed by atoms with E-state index < -0.39 is 36.8 Å². The first-order valence-electron chi connectivity index (χ1n) is 11.6. The minimum Gasteiger partial charge on any atom is -0.446 e. The lowest BCUT2D eigenvalue weighted by Crippen LogP contribution is -2.44. The van der Waals surface area contributed by atoms with Gasteiger partial charge in [0.1, 0.15) is 6.10 Å². The molecular weight excluding hydrogens is 487 g/mol. The van der Waals surface area contributed by atoms with Crippen LogP contribution in [0.1, 0.15) is 24.0 Å². The van der Waals surface area contributed by atoms with Gasteiger partial charge in [-0.3, -0.25) is 9.69 Å². The molecule has 1 amide bonds. The molecule has 3 heterocycles. The van der Waals surface area contributed by atoms with E-state index >= 15 is 0 Å². The first-order valence-corrected chi connectivity index (χ1v) is 11.6. The summed E-state index contributed by atoms with van der Waals surface area (Å²) in [5.74, 6) is -3.16. The number of alkyl halides is 2. The number of amides is 1. The standard InChI is InChI=1S/C26H20F3N5O3/c27-21-11-31-22(33-23(21)32-18-3-4-20-14(8-18)5-6-30-24(20)35)15-1-2-16-12-34(13-17(16)7-15)25(36)37-19-9-26(28,29)10-19/h1-8,11,19H,9-10,12-13H2,(H,30,35)(H,31,32,33). The Kier molecular flexibility index (Phi) is 5.36. The normalized spacial score (nSPS) is 16.4. The molecule has 11 heteroatoms. The second-order valence-electron chi connectivity index (χ2n) is 9.23. The Morgan fingerprint density at radius 2 is 1.92 bits per heavy atom. The summed E-state index contributed by atoms with van der Waals surface area (Å²) in [5.41, 5.74) is 2.70. The summed E-state index contributed by atoms with van der Waals surface area (Å²) in [5, 5.41) is 4.15. The van der Waals surface area contributed by atoms with E-state index in [0.717, 1.165) is 17.3 Å². The van der Waals surface area contributed by atoms with E-state index in [1.165, 1.54) is 11.1 Å². The van der Waals surface area contributed by atoms with Gasteiger partial charge in [-0.05, 0) is 46.8 Å². The number of pyridine rings is 1. The molecule has 1 aliphatic heterocycles. The highest BCUT2D eigenvalue weighted by Crippen LogP contribution is 2.40. The Labute approximate surface area is 208 Å². The number of halogens is 3. The minimum absolute atomic E-state index is 0.0304. The predicted octanol–water partition coefficient (Wildman–Crippen LogP) is 5.12. The van der Waals surface area contributed by atoms with Crippen molar-refractivity contribution in [3.63, 3.8) is 0 Å². The van der Waals surface area contributed by atoms with E-state index in [-0.39, 0.29) is 23.7 Å². The number of nitrogens with one attached hydrogen (secondary N) is 2. The van der Waals surface area contributed by atoms with Crippen molar-refractivity contribution in [2.75, 3.05) is 5.32 Å². The molecule has 1 aliphatic carbocycles. The van der Waals surface area contributed by atoms with Crippen LogP contribution in [0.25, 0.3) is 22.2 Å².